The molecule has 1 aliphatic rings. The minimum Gasteiger partial charge on any atom is -0.351 e. The molecule has 0 unspecified atom stereocenters. The van der Waals surface area contributed by atoms with Crippen molar-refractivity contribution in [3.05, 3.63) is 30.1 Å². The summed E-state index contributed by atoms with van der Waals surface area (Å²) in [6.07, 6.45) is 4.55. The lowest BCUT2D eigenvalue weighted by atomic mass is 9.86. The molecule has 1 amide bonds. The summed E-state index contributed by atoms with van der Waals surface area (Å²) in [6.45, 7) is 2.19. The third kappa shape index (κ3) is 3.91. The van der Waals surface area contributed by atoms with E-state index in [9.17, 15) is 9.18 Å². The van der Waals surface area contributed by atoms with Crippen LogP contribution < -0.4 is 5.32 Å². The molecule has 1 aromatic carbocycles. The van der Waals surface area contributed by atoms with Crippen LogP contribution in [0.4, 0.5) is 4.39 Å². The summed E-state index contributed by atoms with van der Waals surface area (Å²) in [5, 5.41) is 14.9. The van der Waals surface area contributed by atoms with Gasteiger partial charge in [0, 0.05) is 11.6 Å². The Hall–Kier alpha value is -2.31. The van der Waals surface area contributed by atoms with Crippen LogP contribution >= 0.6 is 0 Å². The van der Waals surface area contributed by atoms with E-state index in [4.69, 9.17) is 0 Å². The lowest BCUT2D eigenvalue weighted by Crippen LogP contribution is -2.42. The summed E-state index contributed by atoms with van der Waals surface area (Å²) in [4.78, 5) is 13.4. The normalized spacial score (nSPS) is 21.1. The Balaban J connectivity index is 1.61. The Morgan fingerprint density at radius 3 is 3.00 bits per heavy atom. The third-order valence-corrected chi connectivity index (χ3v) is 4.28. The first-order valence-corrected chi connectivity index (χ1v) is 7.95. The molecule has 2 atom stereocenters. The maximum absolute atomic E-state index is 13.2. The summed E-state index contributed by atoms with van der Waals surface area (Å²) in [5.41, 5.74) is 0.539. The number of hydrogen-bond donors (Lipinski definition) is 1. The fourth-order valence-electron chi connectivity index (χ4n) is 2.96. The quantitative estimate of drug-likeness (QED) is 0.938. The van der Waals surface area contributed by atoms with Crippen LogP contribution in [0.3, 0.4) is 0 Å². The molecule has 3 rings (SSSR count). The second-order valence-corrected chi connectivity index (χ2v) is 6.09. The molecular weight excluding hydrogens is 297 g/mol. The smallest absolute Gasteiger partial charge is 0.243 e. The molecule has 0 radical (unpaired) electrons. The average Bonchev–Trinajstić information content (AvgIpc) is 2.98. The van der Waals surface area contributed by atoms with E-state index in [0.717, 1.165) is 19.3 Å². The van der Waals surface area contributed by atoms with Gasteiger partial charge >= 0.3 is 0 Å². The Morgan fingerprint density at radius 1 is 1.39 bits per heavy atom. The van der Waals surface area contributed by atoms with E-state index >= 15 is 0 Å². The van der Waals surface area contributed by atoms with Gasteiger partial charge in [-0.1, -0.05) is 31.9 Å². The first-order chi connectivity index (χ1) is 11.1. The zero-order chi connectivity index (χ0) is 16.2. The number of benzene rings is 1. The lowest BCUT2D eigenvalue weighted by Gasteiger charge is -2.29. The number of hydrogen-bond acceptors (Lipinski definition) is 4. The first-order valence-electron chi connectivity index (χ1n) is 7.95. The number of tetrazole rings is 1. The van der Waals surface area contributed by atoms with Gasteiger partial charge in [-0.25, -0.2) is 4.39 Å². The monoisotopic (exact) mass is 317 g/mol. The third-order valence-electron chi connectivity index (χ3n) is 4.28. The van der Waals surface area contributed by atoms with E-state index in [1.807, 2.05) is 0 Å². The second-order valence-electron chi connectivity index (χ2n) is 6.09. The van der Waals surface area contributed by atoms with Crippen LogP contribution in [0.2, 0.25) is 0 Å². The Kier molecular flexibility index (Phi) is 4.64. The SMILES string of the molecule is C[C@@H]1CCCC[C@@H]1NC(=O)Cn1nnc(-c2cccc(F)c2)n1. The zero-order valence-electron chi connectivity index (χ0n) is 13.1. The summed E-state index contributed by atoms with van der Waals surface area (Å²) in [5.74, 6) is 0.331. The van der Waals surface area contributed by atoms with Crippen molar-refractivity contribution >= 4 is 5.91 Å². The summed E-state index contributed by atoms with van der Waals surface area (Å²) in [6, 6.07) is 6.21. The minimum atomic E-state index is -0.358. The number of amides is 1. The van der Waals surface area contributed by atoms with Crippen molar-refractivity contribution in [3.8, 4) is 11.4 Å². The lowest BCUT2D eigenvalue weighted by molar-refractivity contribution is -0.123. The largest absolute Gasteiger partial charge is 0.351 e. The molecule has 0 aliphatic heterocycles. The summed E-state index contributed by atoms with van der Waals surface area (Å²) < 4.78 is 13.2. The van der Waals surface area contributed by atoms with Crippen molar-refractivity contribution in [1.29, 1.82) is 0 Å². The van der Waals surface area contributed by atoms with Crippen LogP contribution in [-0.2, 0) is 11.3 Å². The molecule has 6 nitrogen and oxygen atoms in total. The number of carbonyl (C=O) groups is 1. The van der Waals surface area contributed by atoms with E-state index in [2.05, 4.69) is 27.7 Å². The fourth-order valence-corrected chi connectivity index (χ4v) is 2.96. The fraction of sp³-hybridized carbons (Fsp3) is 0.500. The molecule has 0 bridgehead atoms. The van der Waals surface area contributed by atoms with Gasteiger partial charge in [-0.05, 0) is 36.1 Å². The maximum Gasteiger partial charge on any atom is 0.243 e. The molecular formula is C16H20FN5O. The summed E-state index contributed by atoms with van der Waals surface area (Å²) >= 11 is 0. The number of nitrogens with zero attached hydrogens (tertiary/aromatic N) is 4. The van der Waals surface area contributed by atoms with Crippen molar-refractivity contribution in [3.63, 3.8) is 0 Å². The van der Waals surface area contributed by atoms with Crippen molar-refractivity contribution in [1.82, 2.24) is 25.5 Å². The Morgan fingerprint density at radius 2 is 2.22 bits per heavy atom. The molecule has 23 heavy (non-hydrogen) atoms. The molecule has 1 saturated carbocycles. The van der Waals surface area contributed by atoms with Gasteiger partial charge in [0.25, 0.3) is 0 Å². The highest BCUT2D eigenvalue weighted by atomic mass is 19.1. The second kappa shape index (κ2) is 6.85. The van der Waals surface area contributed by atoms with Gasteiger partial charge in [-0.15, -0.1) is 10.2 Å². The number of rotatable bonds is 4. The highest BCUT2D eigenvalue weighted by molar-refractivity contribution is 5.75. The molecule has 1 N–H and O–H groups in total. The molecule has 1 heterocycles. The number of halogens is 1. The van der Waals surface area contributed by atoms with Crippen LogP contribution in [0.5, 0.6) is 0 Å². The molecule has 0 spiro atoms. The molecule has 1 fully saturated rings. The van der Waals surface area contributed by atoms with Crippen molar-refractivity contribution in [2.24, 2.45) is 5.92 Å². The van der Waals surface area contributed by atoms with Gasteiger partial charge in [0.1, 0.15) is 12.4 Å². The van der Waals surface area contributed by atoms with Crippen LogP contribution in [-0.4, -0.2) is 32.2 Å². The number of nitrogens with one attached hydrogen (secondary N) is 1. The van der Waals surface area contributed by atoms with E-state index in [-0.39, 0.29) is 24.3 Å². The summed E-state index contributed by atoms with van der Waals surface area (Å²) in [7, 11) is 0. The van der Waals surface area contributed by atoms with Gasteiger partial charge < -0.3 is 5.32 Å². The van der Waals surface area contributed by atoms with Gasteiger partial charge in [0.2, 0.25) is 11.7 Å². The Bertz CT molecular complexity index is 687. The Labute approximate surface area is 134 Å². The van der Waals surface area contributed by atoms with Crippen molar-refractivity contribution in [2.45, 2.75) is 45.2 Å². The molecule has 0 saturated heterocycles. The molecule has 122 valence electrons. The number of carbonyl (C=O) groups excluding carboxylic acids is 1. The minimum absolute atomic E-state index is 0.0194. The van der Waals surface area contributed by atoms with Crippen LogP contribution in [0.1, 0.15) is 32.6 Å². The zero-order valence-corrected chi connectivity index (χ0v) is 13.1. The van der Waals surface area contributed by atoms with E-state index in [0.29, 0.717) is 17.3 Å². The highest BCUT2D eigenvalue weighted by Crippen LogP contribution is 2.23. The predicted molar refractivity (Wildman–Crippen MR) is 82.8 cm³/mol. The van der Waals surface area contributed by atoms with E-state index in [1.54, 1.807) is 12.1 Å². The van der Waals surface area contributed by atoms with E-state index in [1.165, 1.54) is 23.4 Å². The van der Waals surface area contributed by atoms with Gasteiger partial charge in [-0.2, -0.15) is 4.80 Å². The standard InChI is InChI=1S/C16H20FN5O/c1-11-5-2-3-8-14(11)18-15(23)10-22-20-16(19-21-22)12-6-4-7-13(17)9-12/h4,6-7,9,11,14H,2-3,5,8,10H2,1H3,(H,18,23)/t11-,14+/m1/s1. The van der Waals surface area contributed by atoms with Crippen LogP contribution in [0, 0.1) is 11.7 Å². The van der Waals surface area contributed by atoms with Crippen LogP contribution in [0.15, 0.2) is 24.3 Å². The molecule has 1 aromatic heterocycles. The average molecular weight is 317 g/mol. The van der Waals surface area contributed by atoms with Crippen molar-refractivity contribution in [2.75, 3.05) is 0 Å². The van der Waals surface area contributed by atoms with Gasteiger partial charge in [0.05, 0.1) is 0 Å². The molecule has 2 aromatic rings. The first kappa shape index (κ1) is 15.6. The predicted octanol–water partition coefficient (Wildman–Crippen LogP) is 2.17. The van der Waals surface area contributed by atoms with Crippen LogP contribution in [0.25, 0.3) is 11.4 Å². The highest BCUT2D eigenvalue weighted by Gasteiger charge is 2.23. The van der Waals surface area contributed by atoms with Gasteiger partial charge in [-0.3, -0.25) is 4.79 Å². The topological polar surface area (TPSA) is 72.7 Å². The molecule has 7 heteroatoms. The number of aromatic nitrogens is 4. The van der Waals surface area contributed by atoms with Crippen molar-refractivity contribution < 1.29 is 9.18 Å². The molecule has 1 aliphatic carbocycles. The maximum atomic E-state index is 13.2. The van der Waals surface area contributed by atoms with Gasteiger partial charge in [0.15, 0.2) is 0 Å². The van der Waals surface area contributed by atoms with E-state index < -0.39 is 0 Å².